The third kappa shape index (κ3) is 6.55. The first-order chi connectivity index (χ1) is 27.1. The van der Waals surface area contributed by atoms with Crippen molar-refractivity contribution in [3.8, 4) is 55.6 Å². The monoisotopic (exact) mass is 708 g/mol. The van der Waals surface area contributed by atoms with Crippen LogP contribution in [0, 0.1) is 6.92 Å². The molecule has 0 saturated carbocycles. The van der Waals surface area contributed by atoms with E-state index in [1.165, 1.54) is 60.1 Å². The maximum atomic E-state index is 4.28. The van der Waals surface area contributed by atoms with Gasteiger partial charge in [0.2, 0.25) is 0 Å². The van der Waals surface area contributed by atoms with E-state index in [-0.39, 0.29) is 0 Å². The van der Waals surface area contributed by atoms with Gasteiger partial charge >= 0.3 is 0 Å². The lowest BCUT2D eigenvalue weighted by Gasteiger charge is -2.17. The van der Waals surface area contributed by atoms with Crippen LogP contribution in [-0.2, 0) is 6.42 Å². The Bertz CT molecular complexity index is 2840. The maximum absolute atomic E-state index is 4.28. The van der Waals surface area contributed by atoms with Crippen molar-refractivity contribution in [3.05, 3.63) is 183 Å². The summed E-state index contributed by atoms with van der Waals surface area (Å²) in [6, 6.07) is 41.7. The van der Waals surface area contributed by atoms with E-state index in [1.54, 1.807) is 19.0 Å². The molecule has 0 unspecified atom stereocenters. The molecule has 262 valence electrons. The van der Waals surface area contributed by atoms with Gasteiger partial charge in [-0.05, 0) is 114 Å². The summed E-state index contributed by atoms with van der Waals surface area (Å²) in [4.78, 5) is 25.5. The fourth-order valence-corrected chi connectivity index (χ4v) is 7.61. The van der Waals surface area contributed by atoms with E-state index in [4.69, 9.17) is 0 Å². The first-order valence-electron chi connectivity index (χ1n) is 18.4. The van der Waals surface area contributed by atoms with Crippen molar-refractivity contribution in [1.29, 1.82) is 0 Å². The van der Waals surface area contributed by atoms with E-state index in [9.17, 15) is 0 Å². The quantitative estimate of drug-likeness (QED) is 0.160. The zero-order valence-corrected chi connectivity index (χ0v) is 30.6. The molecule has 6 heteroatoms. The Kier molecular flexibility index (Phi) is 8.98. The number of aryl methyl sites for hydroxylation is 2. The van der Waals surface area contributed by atoms with Gasteiger partial charge in [0.25, 0.3) is 0 Å². The molecule has 0 saturated heterocycles. The van der Waals surface area contributed by atoms with Crippen LogP contribution < -0.4 is 0 Å². The predicted octanol–water partition coefficient (Wildman–Crippen LogP) is 11.8. The molecule has 0 aliphatic rings. The Morgan fingerprint density at radius 1 is 0.382 bits per heavy atom. The van der Waals surface area contributed by atoms with Crippen LogP contribution in [-0.4, -0.2) is 29.9 Å². The summed E-state index contributed by atoms with van der Waals surface area (Å²) < 4.78 is 0. The van der Waals surface area contributed by atoms with Crippen molar-refractivity contribution in [1.82, 2.24) is 29.9 Å². The minimum Gasteiger partial charge on any atom is -0.244 e. The number of aromatic nitrogens is 6. The van der Waals surface area contributed by atoms with Crippen molar-refractivity contribution in [2.75, 3.05) is 0 Å². The van der Waals surface area contributed by atoms with E-state index in [0.29, 0.717) is 0 Å². The van der Waals surface area contributed by atoms with E-state index in [0.717, 1.165) is 45.4 Å². The average molecular weight is 709 g/mol. The fourth-order valence-electron chi connectivity index (χ4n) is 7.61. The van der Waals surface area contributed by atoms with Crippen molar-refractivity contribution in [3.63, 3.8) is 0 Å². The van der Waals surface area contributed by atoms with Crippen LogP contribution in [0.25, 0.3) is 88.0 Å². The molecule has 0 radical (unpaired) electrons. The number of benzene rings is 7. The minimum absolute atomic E-state index is 0.954. The van der Waals surface area contributed by atoms with Crippen molar-refractivity contribution >= 4 is 32.3 Å². The first-order valence-corrected chi connectivity index (χ1v) is 18.4. The summed E-state index contributed by atoms with van der Waals surface area (Å²) in [5.74, 6) is 0. The molecule has 0 aliphatic carbocycles. The highest BCUT2D eigenvalue weighted by molar-refractivity contribution is 6.27. The molecule has 0 bridgehead atoms. The molecule has 0 fully saturated rings. The molecule has 7 aromatic carbocycles. The van der Waals surface area contributed by atoms with Crippen molar-refractivity contribution in [2.45, 2.75) is 20.3 Å². The summed E-state index contributed by atoms with van der Waals surface area (Å²) >= 11 is 0. The Morgan fingerprint density at radius 2 is 0.800 bits per heavy atom. The second kappa shape index (κ2) is 14.7. The molecule has 0 N–H and O–H groups in total. The summed E-state index contributed by atoms with van der Waals surface area (Å²) in [6.45, 7) is 4.33. The highest BCUT2D eigenvalue weighted by Gasteiger charge is 2.16. The number of nitrogens with zero attached hydrogens (tertiary/aromatic N) is 6. The van der Waals surface area contributed by atoms with Gasteiger partial charge in [-0.1, -0.05) is 104 Å². The summed E-state index contributed by atoms with van der Waals surface area (Å²) in [7, 11) is 0. The summed E-state index contributed by atoms with van der Waals surface area (Å²) in [6.07, 6.45) is 16.9. The van der Waals surface area contributed by atoms with Gasteiger partial charge in [0.15, 0.2) is 0 Å². The van der Waals surface area contributed by atoms with Crippen LogP contribution in [0.5, 0.6) is 0 Å². The van der Waals surface area contributed by atoms with Crippen molar-refractivity contribution in [2.24, 2.45) is 0 Å². The Hall–Kier alpha value is -7.18. The molecule has 10 aromatic rings. The minimum atomic E-state index is 0.954. The highest BCUT2D eigenvalue weighted by Crippen LogP contribution is 2.43. The molecule has 0 aliphatic heterocycles. The van der Waals surface area contributed by atoms with Gasteiger partial charge in [0.1, 0.15) is 19.0 Å². The molecule has 3 heterocycles. The number of hydrogen-bond donors (Lipinski definition) is 0. The lowest BCUT2D eigenvalue weighted by atomic mass is 9.86. The molecule has 0 amide bonds. The van der Waals surface area contributed by atoms with Gasteiger partial charge in [-0.15, -0.1) is 0 Å². The molecule has 6 nitrogen and oxygen atoms in total. The topological polar surface area (TPSA) is 77.3 Å². The normalized spacial score (nSPS) is 11.2. The van der Waals surface area contributed by atoms with E-state index >= 15 is 0 Å². The largest absolute Gasteiger partial charge is 0.244 e. The zero-order chi connectivity index (χ0) is 37.1. The van der Waals surface area contributed by atoms with Crippen LogP contribution in [0.4, 0.5) is 0 Å². The average Bonchev–Trinajstić information content (AvgIpc) is 3.26. The Labute approximate surface area is 319 Å². The summed E-state index contributed by atoms with van der Waals surface area (Å²) in [5.41, 5.74) is 13.6. The van der Waals surface area contributed by atoms with Crippen LogP contribution in [0.1, 0.15) is 18.1 Å². The fraction of sp³-hybridized carbons (Fsp3) is 0.0612. The molecule has 55 heavy (non-hydrogen) atoms. The Balaban J connectivity index is 0.000000390. The molecule has 3 aromatic heterocycles. The SMILES string of the molecule is CCc1ccccc1C.c1ncc(-c2ccc(-c3ccc4ccc5c(-c6cc(-c7cncnc7)cc(-c7cncnc7)c6)ccc6ccc3c4c65)cc2)cn1. The van der Waals surface area contributed by atoms with Crippen LogP contribution in [0.15, 0.2) is 171 Å². The highest BCUT2D eigenvalue weighted by atomic mass is 14.8. The van der Waals surface area contributed by atoms with Gasteiger partial charge in [-0.25, -0.2) is 29.9 Å². The van der Waals surface area contributed by atoms with E-state index in [2.05, 4.69) is 159 Å². The van der Waals surface area contributed by atoms with Gasteiger partial charge < -0.3 is 0 Å². The van der Waals surface area contributed by atoms with E-state index < -0.39 is 0 Å². The lowest BCUT2D eigenvalue weighted by molar-refractivity contribution is 1.11. The third-order valence-electron chi connectivity index (χ3n) is 10.4. The second-order valence-electron chi connectivity index (χ2n) is 13.7. The van der Waals surface area contributed by atoms with Gasteiger partial charge in [0, 0.05) is 53.9 Å². The second-order valence-corrected chi connectivity index (χ2v) is 13.7. The van der Waals surface area contributed by atoms with Gasteiger partial charge in [-0.3, -0.25) is 0 Å². The number of hydrogen-bond acceptors (Lipinski definition) is 6. The predicted molar refractivity (Wildman–Crippen MR) is 225 cm³/mol. The molecule has 0 spiro atoms. The summed E-state index contributed by atoms with van der Waals surface area (Å²) in [5, 5.41) is 7.44. The van der Waals surface area contributed by atoms with Crippen LogP contribution >= 0.6 is 0 Å². The first kappa shape index (κ1) is 33.6. The van der Waals surface area contributed by atoms with E-state index in [1.807, 2.05) is 37.2 Å². The van der Waals surface area contributed by atoms with Gasteiger partial charge in [0.05, 0.1) is 0 Å². The van der Waals surface area contributed by atoms with Crippen LogP contribution in [0.3, 0.4) is 0 Å². The van der Waals surface area contributed by atoms with Crippen LogP contribution in [0.2, 0.25) is 0 Å². The van der Waals surface area contributed by atoms with Gasteiger partial charge in [-0.2, -0.15) is 0 Å². The lowest BCUT2D eigenvalue weighted by Crippen LogP contribution is -1.91. The molecular weight excluding hydrogens is 673 g/mol. The molecule has 0 atom stereocenters. The third-order valence-corrected chi connectivity index (χ3v) is 10.4. The standard InChI is InChI=1S/C40H24N6.C9H12/c1-3-26(4-2-25(1)32-16-41-22-42-17-32)35-9-5-27-8-12-38-36(10-6-28-7-11-37(35)39(27)40(28)38)31-14-29(33-18-43-23-44-19-33)13-30(15-31)34-20-45-24-46-21-34;1-3-9-7-5-4-6-8(9)2/h1-24H;4-7H,3H2,1-2H3. The molecule has 10 rings (SSSR count). The Morgan fingerprint density at radius 3 is 1.27 bits per heavy atom. The molecular formula is C49H36N6. The number of rotatable bonds is 6. The smallest absolute Gasteiger partial charge is 0.115 e. The maximum Gasteiger partial charge on any atom is 0.115 e. The zero-order valence-electron chi connectivity index (χ0n) is 30.6. The van der Waals surface area contributed by atoms with Crippen molar-refractivity contribution < 1.29 is 0 Å².